The predicted octanol–water partition coefficient (Wildman–Crippen LogP) is -1.30. The van der Waals surface area contributed by atoms with E-state index in [0.717, 1.165) is 26.2 Å². The Hall–Kier alpha value is -0.540. The first-order valence-corrected chi connectivity index (χ1v) is 6.28. The van der Waals surface area contributed by atoms with Crippen molar-refractivity contribution >= 4 is 0 Å². The first-order valence-electron chi connectivity index (χ1n) is 6.28. The highest BCUT2D eigenvalue weighted by molar-refractivity contribution is 4.74. The minimum atomic E-state index is 0.163. The molecular formula is C12H29N3O4. The quantitative estimate of drug-likeness (QED) is 0.271. The van der Waals surface area contributed by atoms with E-state index in [9.17, 15) is 0 Å². The Labute approximate surface area is 115 Å². The summed E-state index contributed by atoms with van der Waals surface area (Å²) >= 11 is 0. The second-order valence-electron chi connectivity index (χ2n) is 3.84. The molecule has 1 atom stereocenters. The third-order valence-corrected chi connectivity index (χ3v) is 2.28. The molecule has 0 radical (unpaired) electrons. The van der Waals surface area contributed by atoms with E-state index in [0.29, 0.717) is 13.1 Å². The minimum Gasteiger partial charge on any atom is -0.395 e. The maximum absolute atomic E-state index is 8.34. The van der Waals surface area contributed by atoms with Crippen LogP contribution in [0.25, 0.3) is 0 Å². The molecule has 1 aliphatic heterocycles. The lowest BCUT2D eigenvalue weighted by atomic mass is 10.2. The number of nitrogens with two attached hydrogens (primary N) is 2. The van der Waals surface area contributed by atoms with E-state index in [1.54, 1.807) is 0 Å². The molecule has 1 rings (SSSR count). The summed E-state index contributed by atoms with van der Waals surface area (Å²) in [5.74, 6) is 8.00. The topological polar surface area (TPSA) is 114 Å². The van der Waals surface area contributed by atoms with Crippen LogP contribution in [0.1, 0.15) is 6.42 Å². The van der Waals surface area contributed by atoms with Gasteiger partial charge in [-0.2, -0.15) is 0 Å². The van der Waals surface area contributed by atoms with E-state index in [1.807, 2.05) is 18.0 Å². The van der Waals surface area contributed by atoms with Gasteiger partial charge in [-0.15, -0.1) is 6.58 Å². The Morgan fingerprint density at radius 1 is 1.26 bits per heavy atom. The molecule has 1 saturated heterocycles. The Morgan fingerprint density at radius 2 is 1.84 bits per heavy atom. The van der Waals surface area contributed by atoms with Crippen LogP contribution >= 0.6 is 0 Å². The molecule has 0 amide bonds. The molecule has 7 heteroatoms. The number of aliphatic hydroxyl groups is 2. The van der Waals surface area contributed by atoms with Crippen LogP contribution in [-0.2, 0) is 9.47 Å². The van der Waals surface area contributed by atoms with Crippen LogP contribution < -0.4 is 11.7 Å². The van der Waals surface area contributed by atoms with Gasteiger partial charge in [0.15, 0.2) is 0 Å². The summed E-state index contributed by atoms with van der Waals surface area (Å²) in [7, 11) is 1.85. The van der Waals surface area contributed by atoms with Gasteiger partial charge in [-0.3, -0.25) is 11.7 Å². The van der Waals surface area contributed by atoms with Gasteiger partial charge in [-0.1, -0.05) is 6.08 Å². The highest BCUT2D eigenvalue weighted by atomic mass is 16.6. The van der Waals surface area contributed by atoms with E-state index in [1.165, 1.54) is 0 Å². The van der Waals surface area contributed by atoms with Gasteiger partial charge in [0, 0.05) is 13.1 Å². The van der Waals surface area contributed by atoms with Crippen molar-refractivity contribution in [2.75, 3.05) is 53.2 Å². The molecular weight excluding hydrogens is 250 g/mol. The number of nitrogens with zero attached hydrogens (tertiary/aromatic N) is 1. The molecule has 116 valence electrons. The van der Waals surface area contributed by atoms with Crippen molar-refractivity contribution in [3.8, 4) is 0 Å². The van der Waals surface area contributed by atoms with Gasteiger partial charge in [0.1, 0.15) is 0 Å². The Morgan fingerprint density at radius 3 is 2.21 bits per heavy atom. The van der Waals surface area contributed by atoms with Crippen molar-refractivity contribution in [2.45, 2.75) is 12.5 Å². The maximum atomic E-state index is 8.34. The number of hydrogen-bond acceptors (Lipinski definition) is 7. The van der Waals surface area contributed by atoms with Crippen molar-refractivity contribution in [2.24, 2.45) is 11.7 Å². The third kappa shape index (κ3) is 15.4. The molecule has 0 aromatic heterocycles. The summed E-state index contributed by atoms with van der Waals surface area (Å²) in [4.78, 5) is 1.86. The van der Waals surface area contributed by atoms with Crippen molar-refractivity contribution in [1.82, 2.24) is 4.90 Å². The van der Waals surface area contributed by atoms with E-state index < -0.39 is 0 Å². The van der Waals surface area contributed by atoms with Gasteiger partial charge in [-0.05, 0) is 13.5 Å². The number of likely N-dealkylation sites (N-methyl/N-ethyl adjacent to an activating group) is 1. The van der Waals surface area contributed by atoms with Crippen molar-refractivity contribution in [3.63, 3.8) is 0 Å². The van der Waals surface area contributed by atoms with Gasteiger partial charge in [0.25, 0.3) is 0 Å². The minimum absolute atomic E-state index is 0.163. The number of hydrogen-bond donors (Lipinski definition) is 4. The molecule has 0 aromatic carbocycles. The van der Waals surface area contributed by atoms with Crippen LogP contribution in [0.3, 0.4) is 0 Å². The lowest BCUT2D eigenvalue weighted by Gasteiger charge is -2.21. The lowest BCUT2D eigenvalue weighted by molar-refractivity contribution is -0.0861. The van der Waals surface area contributed by atoms with Gasteiger partial charge >= 0.3 is 0 Å². The van der Waals surface area contributed by atoms with Crippen LogP contribution in [0, 0.1) is 0 Å². The zero-order chi connectivity index (χ0) is 14.9. The SMILES string of the molecule is C=CCC1COCCO1.CN(CCO)CCO.NN. The largest absolute Gasteiger partial charge is 0.395 e. The summed E-state index contributed by atoms with van der Waals surface area (Å²) in [5, 5.41) is 16.7. The van der Waals surface area contributed by atoms with Crippen LogP contribution in [0.15, 0.2) is 12.7 Å². The fourth-order valence-electron chi connectivity index (χ4n) is 1.31. The molecule has 6 N–H and O–H groups in total. The van der Waals surface area contributed by atoms with Gasteiger partial charge in [0.05, 0.1) is 39.1 Å². The Bertz CT molecular complexity index is 172. The Balaban J connectivity index is 0. The maximum Gasteiger partial charge on any atom is 0.0843 e. The molecule has 0 spiro atoms. The first kappa shape index (κ1) is 20.8. The summed E-state index contributed by atoms with van der Waals surface area (Å²) in [6.07, 6.45) is 3.02. The highest BCUT2D eigenvalue weighted by Gasteiger charge is 2.11. The molecule has 0 saturated carbocycles. The van der Waals surface area contributed by atoms with Crippen LogP contribution in [0.2, 0.25) is 0 Å². The highest BCUT2D eigenvalue weighted by Crippen LogP contribution is 2.04. The standard InChI is InChI=1S/C7H12O2.C5H13NO2.H4N2/c1-2-3-7-6-8-4-5-9-7;1-6(2-4-7)3-5-8;1-2/h2,7H,1,3-6H2;7-8H,2-5H2,1H3;1-2H2. The molecule has 7 nitrogen and oxygen atoms in total. The second-order valence-corrected chi connectivity index (χ2v) is 3.84. The van der Waals surface area contributed by atoms with Crippen LogP contribution in [0.5, 0.6) is 0 Å². The van der Waals surface area contributed by atoms with Gasteiger partial charge < -0.3 is 24.6 Å². The number of ether oxygens (including phenoxy) is 2. The molecule has 0 aliphatic carbocycles. The molecule has 1 heterocycles. The van der Waals surface area contributed by atoms with Crippen LogP contribution in [-0.4, -0.2) is 74.4 Å². The van der Waals surface area contributed by atoms with Crippen molar-refractivity contribution < 1.29 is 19.7 Å². The zero-order valence-electron chi connectivity index (χ0n) is 11.8. The molecule has 19 heavy (non-hydrogen) atoms. The third-order valence-electron chi connectivity index (χ3n) is 2.28. The fraction of sp³-hybridized carbons (Fsp3) is 0.833. The second kappa shape index (κ2) is 17.5. The number of aliphatic hydroxyl groups excluding tert-OH is 2. The molecule has 1 aliphatic rings. The Kier molecular flexibility index (Phi) is 19.1. The normalized spacial score (nSPS) is 17.9. The van der Waals surface area contributed by atoms with E-state index in [-0.39, 0.29) is 19.3 Å². The monoisotopic (exact) mass is 279 g/mol. The smallest absolute Gasteiger partial charge is 0.0843 e. The van der Waals surface area contributed by atoms with Crippen molar-refractivity contribution in [3.05, 3.63) is 12.7 Å². The number of hydrazine groups is 1. The van der Waals surface area contributed by atoms with E-state index in [2.05, 4.69) is 18.3 Å². The van der Waals surface area contributed by atoms with E-state index >= 15 is 0 Å². The first-order chi connectivity index (χ1) is 9.24. The average molecular weight is 279 g/mol. The molecule has 1 fully saturated rings. The average Bonchev–Trinajstić information content (AvgIpc) is 2.44. The van der Waals surface area contributed by atoms with Gasteiger partial charge in [0.2, 0.25) is 0 Å². The number of rotatable bonds is 6. The summed E-state index contributed by atoms with van der Waals surface area (Å²) < 4.78 is 10.5. The van der Waals surface area contributed by atoms with Crippen LogP contribution in [0.4, 0.5) is 0 Å². The fourth-order valence-corrected chi connectivity index (χ4v) is 1.31. The van der Waals surface area contributed by atoms with Crippen molar-refractivity contribution in [1.29, 1.82) is 0 Å². The molecule has 0 aromatic rings. The zero-order valence-corrected chi connectivity index (χ0v) is 11.8. The summed E-state index contributed by atoms with van der Waals surface area (Å²) in [6.45, 7) is 7.43. The molecule has 0 bridgehead atoms. The summed E-state index contributed by atoms with van der Waals surface area (Å²) in [6, 6.07) is 0. The molecule has 1 unspecified atom stereocenters. The summed E-state index contributed by atoms with van der Waals surface area (Å²) in [5.41, 5.74) is 0. The van der Waals surface area contributed by atoms with Gasteiger partial charge in [-0.25, -0.2) is 0 Å². The van der Waals surface area contributed by atoms with E-state index in [4.69, 9.17) is 19.7 Å². The lowest BCUT2D eigenvalue weighted by Crippen LogP contribution is -2.27. The predicted molar refractivity (Wildman–Crippen MR) is 75.4 cm³/mol.